The molecule has 23 heavy (non-hydrogen) atoms. The van der Waals surface area contributed by atoms with Gasteiger partial charge in [0.2, 0.25) is 5.91 Å². The van der Waals surface area contributed by atoms with E-state index in [2.05, 4.69) is 29.2 Å². The van der Waals surface area contributed by atoms with Crippen LogP contribution < -0.4 is 11.1 Å². The second kappa shape index (κ2) is 11.5. The number of amides is 1. The molecule has 2 atom stereocenters. The Bertz CT molecular complexity index is 336. The van der Waals surface area contributed by atoms with Crippen molar-refractivity contribution in [3.8, 4) is 0 Å². The molecule has 0 aromatic carbocycles. The topological polar surface area (TPSA) is 61.6 Å². The summed E-state index contributed by atoms with van der Waals surface area (Å²) < 4.78 is 0. The predicted octanol–water partition coefficient (Wildman–Crippen LogP) is 1.35. The van der Waals surface area contributed by atoms with Gasteiger partial charge in [-0.05, 0) is 65.3 Å². The van der Waals surface area contributed by atoms with Crippen LogP contribution in [0, 0.1) is 11.8 Å². The average molecular weight is 369 g/mol. The number of likely N-dealkylation sites (tertiary alicyclic amines) is 1. The Balaban J connectivity index is 0.00000242. The minimum absolute atomic E-state index is 0. The smallest absolute Gasteiger partial charge is 0.223 e. The van der Waals surface area contributed by atoms with Gasteiger partial charge in [0.25, 0.3) is 0 Å². The van der Waals surface area contributed by atoms with Crippen molar-refractivity contribution in [2.24, 2.45) is 17.6 Å². The van der Waals surface area contributed by atoms with Crippen LogP contribution in [0.25, 0.3) is 0 Å². The molecule has 7 heteroatoms. The number of carbonyl (C=O) groups excluding carboxylic acids is 1. The molecule has 1 saturated heterocycles. The molecule has 1 amide bonds. The summed E-state index contributed by atoms with van der Waals surface area (Å²) in [4.78, 5) is 17.0. The van der Waals surface area contributed by atoms with E-state index in [1.165, 1.54) is 12.8 Å². The maximum Gasteiger partial charge on any atom is 0.223 e. The normalized spacial score (nSPS) is 25.7. The van der Waals surface area contributed by atoms with Gasteiger partial charge in [0.15, 0.2) is 0 Å². The van der Waals surface area contributed by atoms with Gasteiger partial charge >= 0.3 is 0 Å². The maximum atomic E-state index is 12.2. The molecule has 138 valence electrons. The highest BCUT2D eigenvalue weighted by molar-refractivity contribution is 5.85. The van der Waals surface area contributed by atoms with E-state index in [0.717, 1.165) is 51.5 Å². The van der Waals surface area contributed by atoms with Crippen LogP contribution in [0.15, 0.2) is 0 Å². The first-order chi connectivity index (χ1) is 10.1. The monoisotopic (exact) mass is 368 g/mol. The van der Waals surface area contributed by atoms with Gasteiger partial charge in [-0.3, -0.25) is 4.79 Å². The Hall–Kier alpha value is -0.0700. The largest absolute Gasteiger partial charge is 0.355 e. The third kappa shape index (κ3) is 6.75. The first-order valence-corrected chi connectivity index (χ1v) is 8.48. The highest BCUT2D eigenvalue weighted by Crippen LogP contribution is 2.30. The highest BCUT2D eigenvalue weighted by atomic mass is 35.5. The minimum Gasteiger partial charge on any atom is -0.355 e. The van der Waals surface area contributed by atoms with Crippen LogP contribution >= 0.6 is 24.8 Å². The van der Waals surface area contributed by atoms with E-state index in [1.807, 2.05) is 0 Å². The standard InChI is InChI=1S/C16H32N4O.2ClH/c1-19(2)14-6-9-20(10-7-14)11-8-18-16(21)15-5-3-4-13(15)12-17;;/h13-15H,3-12,17H2,1-2H3,(H,18,21);2*1H/t13-,15-;;/m1../s1. The van der Waals surface area contributed by atoms with Crippen molar-refractivity contribution in [2.45, 2.75) is 38.1 Å². The lowest BCUT2D eigenvalue weighted by atomic mass is 9.95. The zero-order chi connectivity index (χ0) is 15.2. The van der Waals surface area contributed by atoms with Gasteiger partial charge in [0, 0.05) is 25.0 Å². The fraction of sp³-hybridized carbons (Fsp3) is 0.938. The number of hydrogen-bond acceptors (Lipinski definition) is 4. The lowest BCUT2D eigenvalue weighted by Gasteiger charge is -2.35. The molecule has 1 heterocycles. The molecule has 1 aliphatic heterocycles. The zero-order valence-corrected chi connectivity index (χ0v) is 16.1. The SMILES string of the molecule is CN(C)C1CCN(CCNC(=O)[C@@H]2CCC[C@@H]2CN)CC1.Cl.Cl. The van der Waals surface area contributed by atoms with E-state index >= 15 is 0 Å². The van der Waals surface area contributed by atoms with E-state index in [1.54, 1.807) is 0 Å². The molecular formula is C16H34Cl2N4O. The lowest BCUT2D eigenvalue weighted by molar-refractivity contribution is -0.126. The Morgan fingerprint density at radius 3 is 2.39 bits per heavy atom. The Morgan fingerprint density at radius 1 is 1.17 bits per heavy atom. The van der Waals surface area contributed by atoms with Gasteiger partial charge in [0.1, 0.15) is 0 Å². The van der Waals surface area contributed by atoms with Crippen LogP contribution in [-0.2, 0) is 4.79 Å². The van der Waals surface area contributed by atoms with E-state index < -0.39 is 0 Å². The van der Waals surface area contributed by atoms with Crippen molar-refractivity contribution >= 4 is 30.7 Å². The number of rotatable bonds is 6. The fourth-order valence-corrected chi connectivity index (χ4v) is 3.79. The Morgan fingerprint density at radius 2 is 1.83 bits per heavy atom. The summed E-state index contributed by atoms with van der Waals surface area (Å²) in [5.74, 6) is 0.793. The third-order valence-electron chi connectivity index (χ3n) is 5.31. The predicted molar refractivity (Wildman–Crippen MR) is 101 cm³/mol. The van der Waals surface area contributed by atoms with E-state index in [9.17, 15) is 4.79 Å². The van der Waals surface area contributed by atoms with Crippen molar-refractivity contribution in [3.05, 3.63) is 0 Å². The van der Waals surface area contributed by atoms with Crippen molar-refractivity contribution in [2.75, 3.05) is 46.8 Å². The number of nitrogens with two attached hydrogens (primary N) is 1. The summed E-state index contributed by atoms with van der Waals surface area (Å²) in [6.07, 6.45) is 5.75. The summed E-state index contributed by atoms with van der Waals surface area (Å²) in [6, 6.07) is 0.722. The van der Waals surface area contributed by atoms with Gasteiger partial charge in [-0.1, -0.05) is 6.42 Å². The number of carbonyl (C=O) groups is 1. The van der Waals surface area contributed by atoms with Gasteiger partial charge in [-0.25, -0.2) is 0 Å². The summed E-state index contributed by atoms with van der Waals surface area (Å²) in [5, 5.41) is 3.12. The average Bonchev–Trinajstić information content (AvgIpc) is 2.96. The van der Waals surface area contributed by atoms with Gasteiger partial charge in [-0.15, -0.1) is 24.8 Å². The molecule has 0 aromatic heterocycles. The molecule has 0 aromatic rings. The molecule has 1 aliphatic carbocycles. The molecule has 1 saturated carbocycles. The van der Waals surface area contributed by atoms with Crippen LogP contribution in [-0.4, -0.2) is 68.6 Å². The van der Waals surface area contributed by atoms with Crippen LogP contribution in [0.3, 0.4) is 0 Å². The number of hydrogen-bond donors (Lipinski definition) is 2. The molecule has 0 bridgehead atoms. The van der Waals surface area contributed by atoms with Crippen LogP contribution in [0.5, 0.6) is 0 Å². The van der Waals surface area contributed by atoms with E-state index in [0.29, 0.717) is 12.5 Å². The van der Waals surface area contributed by atoms with Gasteiger partial charge < -0.3 is 20.9 Å². The molecule has 2 fully saturated rings. The molecule has 5 nitrogen and oxygen atoms in total. The molecule has 2 rings (SSSR count). The fourth-order valence-electron chi connectivity index (χ4n) is 3.79. The minimum atomic E-state index is 0. The molecule has 0 radical (unpaired) electrons. The molecule has 3 N–H and O–H groups in total. The Kier molecular flexibility index (Phi) is 11.4. The molecule has 2 aliphatic rings. The van der Waals surface area contributed by atoms with Crippen molar-refractivity contribution in [1.29, 1.82) is 0 Å². The number of piperidine rings is 1. The van der Waals surface area contributed by atoms with Crippen molar-refractivity contribution in [1.82, 2.24) is 15.1 Å². The second-order valence-electron chi connectivity index (χ2n) is 6.86. The van der Waals surface area contributed by atoms with Gasteiger partial charge in [-0.2, -0.15) is 0 Å². The van der Waals surface area contributed by atoms with E-state index in [-0.39, 0.29) is 36.6 Å². The second-order valence-corrected chi connectivity index (χ2v) is 6.86. The maximum absolute atomic E-state index is 12.2. The van der Waals surface area contributed by atoms with Crippen molar-refractivity contribution < 1.29 is 4.79 Å². The zero-order valence-electron chi connectivity index (χ0n) is 14.5. The first-order valence-electron chi connectivity index (χ1n) is 8.48. The molecule has 0 spiro atoms. The summed E-state index contributed by atoms with van der Waals surface area (Å²) in [7, 11) is 4.33. The Labute approximate surface area is 153 Å². The molecule has 0 unspecified atom stereocenters. The van der Waals surface area contributed by atoms with Crippen molar-refractivity contribution in [3.63, 3.8) is 0 Å². The summed E-state index contributed by atoms with van der Waals surface area (Å²) >= 11 is 0. The number of nitrogens with zero attached hydrogens (tertiary/aromatic N) is 2. The third-order valence-corrected chi connectivity index (χ3v) is 5.31. The van der Waals surface area contributed by atoms with Gasteiger partial charge in [0.05, 0.1) is 0 Å². The quantitative estimate of drug-likeness (QED) is 0.742. The van der Waals surface area contributed by atoms with E-state index in [4.69, 9.17) is 5.73 Å². The highest BCUT2D eigenvalue weighted by Gasteiger charge is 2.31. The first kappa shape index (κ1) is 22.9. The number of nitrogens with one attached hydrogen (secondary N) is 1. The van der Waals surface area contributed by atoms with Crippen LogP contribution in [0.4, 0.5) is 0 Å². The molecular weight excluding hydrogens is 335 g/mol. The lowest BCUT2D eigenvalue weighted by Crippen LogP contribution is -2.45. The van der Waals surface area contributed by atoms with Crippen LogP contribution in [0.1, 0.15) is 32.1 Å². The summed E-state index contributed by atoms with van der Waals surface area (Å²) in [5.41, 5.74) is 5.75. The van der Waals surface area contributed by atoms with Crippen LogP contribution in [0.2, 0.25) is 0 Å². The number of halogens is 2. The summed E-state index contributed by atoms with van der Waals surface area (Å²) in [6.45, 7) is 4.70.